The molecule has 3 nitrogen and oxygen atoms in total. The summed E-state index contributed by atoms with van der Waals surface area (Å²) in [6.45, 7) is 1.25. The molecule has 0 aromatic heterocycles. The maximum atomic E-state index is 14.1. The largest absolute Gasteiger partial charge is 0.416 e. The Morgan fingerprint density at radius 1 is 1.06 bits per heavy atom. The second-order valence-electron chi connectivity index (χ2n) is 8.11. The molecule has 1 N–H and O–H groups in total. The van der Waals surface area contributed by atoms with E-state index in [1.54, 1.807) is 0 Å². The number of ether oxygens (including phenoxy) is 1. The zero-order chi connectivity index (χ0) is 22.0. The summed E-state index contributed by atoms with van der Waals surface area (Å²) >= 11 is 0. The van der Waals surface area contributed by atoms with Gasteiger partial charge in [0.25, 0.3) is 0 Å². The molecule has 0 radical (unpaired) electrons. The number of nitrogens with one attached hydrogen (secondary N) is 1. The number of benzene rings is 2. The molecule has 2 aromatic rings. The van der Waals surface area contributed by atoms with Gasteiger partial charge in [0.15, 0.2) is 0 Å². The Bertz CT molecular complexity index is 982. The molecular weight excluding hydrogens is 410 g/mol. The van der Waals surface area contributed by atoms with E-state index in [-0.39, 0.29) is 23.4 Å². The van der Waals surface area contributed by atoms with Crippen LogP contribution in [0.15, 0.2) is 48.5 Å². The Kier molecular flexibility index (Phi) is 6.14. The van der Waals surface area contributed by atoms with Gasteiger partial charge in [-0.15, -0.1) is 0 Å². The molecule has 1 heterocycles. The number of carbonyl (C=O) groups excluding carboxylic acids is 1. The first kappa shape index (κ1) is 21.6. The maximum Gasteiger partial charge on any atom is 0.416 e. The molecule has 1 aliphatic heterocycles. The topological polar surface area (TPSA) is 38.3 Å². The molecule has 2 aromatic carbocycles. The molecule has 4 rings (SSSR count). The minimum atomic E-state index is -4.63. The summed E-state index contributed by atoms with van der Waals surface area (Å²) < 4.78 is 57.6. The van der Waals surface area contributed by atoms with E-state index >= 15 is 0 Å². The Hall–Kier alpha value is -2.67. The molecule has 1 amide bonds. The Labute approximate surface area is 178 Å². The number of anilines is 1. The molecule has 2 atom stereocenters. The number of carbonyl (C=O) groups is 1. The lowest BCUT2D eigenvalue weighted by atomic mass is 9.77. The molecule has 1 fully saturated rings. The highest BCUT2D eigenvalue weighted by molar-refractivity contribution is 5.92. The third-order valence-corrected chi connectivity index (χ3v) is 6.06. The smallest absolute Gasteiger partial charge is 0.373 e. The molecule has 0 saturated heterocycles. The van der Waals surface area contributed by atoms with E-state index in [0.717, 1.165) is 36.1 Å². The third-order valence-electron chi connectivity index (χ3n) is 6.06. The second-order valence-corrected chi connectivity index (χ2v) is 8.11. The number of amides is 1. The van der Waals surface area contributed by atoms with Crippen molar-refractivity contribution < 1.29 is 27.1 Å². The van der Waals surface area contributed by atoms with Crippen LogP contribution in [0.2, 0.25) is 0 Å². The van der Waals surface area contributed by atoms with E-state index in [1.165, 1.54) is 5.57 Å². The van der Waals surface area contributed by atoms with Gasteiger partial charge in [0.05, 0.1) is 24.5 Å². The quantitative estimate of drug-likeness (QED) is 0.586. The van der Waals surface area contributed by atoms with Crippen LogP contribution in [0, 0.1) is 11.7 Å². The van der Waals surface area contributed by atoms with Crippen molar-refractivity contribution in [2.24, 2.45) is 5.92 Å². The van der Waals surface area contributed by atoms with Crippen LogP contribution in [0.3, 0.4) is 0 Å². The summed E-state index contributed by atoms with van der Waals surface area (Å²) in [5, 5.41) is 2.47. The van der Waals surface area contributed by atoms with E-state index in [1.807, 2.05) is 0 Å². The van der Waals surface area contributed by atoms with Gasteiger partial charge in [-0.2, -0.15) is 13.2 Å². The number of hydrogen-bond donors (Lipinski definition) is 1. The Balaban J connectivity index is 1.41. The van der Waals surface area contributed by atoms with Gasteiger partial charge in [0, 0.05) is 5.92 Å². The minimum Gasteiger partial charge on any atom is -0.373 e. The molecule has 0 spiro atoms. The predicted octanol–water partition coefficient (Wildman–Crippen LogP) is 6.17. The van der Waals surface area contributed by atoms with Crippen LogP contribution in [-0.2, 0) is 15.7 Å². The number of hydrogen-bond acceptors (Lipinski definition) is 2. The molecule has 1 saturated carbocycles. The summed E-state index contributed by atoms with van der Waals surface area (Å²) in [5.41, 5.74) is 2.15. The number of halogens is 4. The first-order valence-corrected chi connectivity index (χ1v) is 10.4. The van der Waals surface area contributed by atoms with Crippen molar-refractivity contribution in [3.05, 3.63) is 71.0 Å². The summed E-state index contributed by atoms with van der Waals surface area (Å²) in [5.74, 6) is -1.54. The van der Waals surface area contributed by atoms with E-state index in [9.17, 15) is 22.4 Å². The van der Waals surface area contributed by atoms with Gasteiger partial charge in [-0.25, -0.2) is 4.39 Å². The fourth-order valence-electron chi connectivity index (χ4n) is 4.32. The predicted molar refractivity (Wildman–Crippen MR) is 110 cm³/mol. The number of rotatable bonds is 4. The van der Waals surface area contributed by atoms with Gasteiger partial charge in [-0.05, 0) is 60.1 Å². The second kappa shape index (κ2) is 8.83. The van der Waals surface area contributed by atoms with Gasteiger partial charge in [0.1, 0.15) is 5.82 Å². The zero-order valence-corrected chi connectivity index (χ0v) is 16.8. The van der Waals surface area contributed by atoms with Crippen molar-refractivity contribution in [2.75, 3.05) is 18.5 Å². The summed E-state index contributed by atoms with van der Waals surface area (Å²) in [6.07, 6.45) is 0.557. The highest BCUT2D eigenvalue weighted by Crippen LogP contribution is 2.38. The van der Waals surface area contributed by atoms with Crippen LogP contribution in [0.1, 0.15) is 48.3 Å². The Morgan fingerprint density at radius 3 is 2.48 bits per heavy atom. The monoisotopic (exact) mass is 433 g/mol. The minimum absolute atomic E-state index is 0.213. The van der Waals surface area contributed by atoms with Crippen molar-refractivity contribution in [3.8, 4) is 0 Å². The van der Waals surface area contributed by atoms with Crippen LogP contribution in [-0.4, -0.2) is 19.1 Å². The molecule has 7 heteroatoms. The van der Waals surface area contributed by atoms with Crippen LogP contribution in [0.5, 0.6) is 0 Å². The fourth-order valence-corrected chi connectivity index (χ4v) is 4.32. The van der Waals surface area contributed by atoms with Crippen molar-refractivity contribution in [1.29, 1.82) is 0 Å². The third kappa shape index (κ3) is 4.98. The van der Waals surface area contributed by atoms with E-state index in [0.29, 0.717) is 32.1 Å². The lowest BCUT2D eigenvalue weighted by Gasteiger charge is -2.29. The first-order valence-electron chi connectivity index (χ1n) is 10.4. The summed E-state index contributed by atoms with van der Waals surface area (Å²) in [6, 6.07) is 10.4. The molecular formula is C24H23F4NO2. The van der Waals surface area contributed by atoms with Gasteiger partial charge < -0.3 is 10.1 Å². The van der Waals surface area contributed by atoms with Crippen molar-refractivity contribution in [2.45, 2.75) is 37.8 Å². The summed E-state index contributed by atoms with van der Waals surface area (Å²) in [4.78, 5) is 12.7. The summed E-state index contributed by atoms with van der Waals surface area (Å²) in [7, 11) is 0. The van der Waals surface area contributed by atoms with Gasteiger partial charge in [-0.1, -0.05) is 36.8 Å². The lowest BCUT2D eigenvalue weighted by molar-refractivity contribution is -0.137. The first-order chi connectivity index (χ1) is 14.8. The van der Waals surface area contributed by atoms with Crippen molar-refractivity contribution >= 4 is 17.2 Å². The molecule has 2 unspecified atom stereocenters. The van der Waals surface area contributed by atoms with Crippen LogP contribution >= 0.6 is 0 Å². The Morgan fingerprint density at radius 2 is 1.84 bits per heavy atom. The van der Waals surface area contributed by atoms with Crippen LogP contribution < -0.4 is 5.32 Å². The normalized spacial score (nSPS) is 21.6. The van der Waals surface area contributed by atoms with Gasteiger partial charge >= 0.3 is 6.18 Å². The zero-order valence-electron chi connectivity index (χ0n) is 16.8. The average Bonchev–Trinajstić information content (AvgIpc) is 3.29. The highest BCUT2D eigenvalue weighted by Gasteiger charge is 2.32. The fraction of sp³-hybridized carbons (Fsp3) is 0.375. The highest BCUT2D eigenvalue weighted by atomic mass is 19.4. The average molecular weight is 433 g/mol. The van der Waals surface area contributed by atoms with Crippen molar-refractivity contribution in [3.63, 3.8) is 0 Å². The lowest BCUT2D eigenvalue weighted by Crippen LogP contribution is -2.28. The molecule has 31 heavy (non-hydrogen) atoms. The van der Waals surface area contributed by atoms with Crippen LogP contribution in [0.25, 0.3) is 5.57 Å². The molecule has 1 aliphatic carbocycles. The van der Waals surface area contributed by atoms with E-state index < -0.39 is 17.6 Å². The maximum absolute atomic E-state index is 14.1. The van der Waals surface area contributed by atoms with E-state index in [2.05, 4.69) is 35.7 Å². The van der Waals surface area contributed by atoms with Crippen LogP contribution in [0.4, 0.5) is 23.2 Å². The molecule has 164 valence electrons. The standard InChI is InChI=1S/C24H23F4NO2/c25-21-13-20(24(26,27)28)8-9-22(21)29-23(30)18-3-1-2-17(12-18)15-4-6-16(7-5-15)19-10-11-31-14-19/h4-10,13,17-18H,1-3,11-12,14H2,(H,29,30). The van der Waals surface area contributed by atoms with Crippen molar-refractivity contribution in [1.82, 2.24) is 0 Å². The SMILES string of the molecule is O=C(Nc1ccc(C(F)(F)F)cc1F)C1CCCC(c2ccc(C3=CCOC3)cc2)C1. The molecule has 2 aliphatic rings. The van der Waals surface area contributed by atoms with E-state index in [4.69, 9.17) is 4.74 Å². The molecule has 0 bridgehead atoms. The van der Waals surface area contributed by atoms with Gasteiger partial charge in [-0.3, -0.25) is 4.79 Å². The number of alkyl halides is 3. The van der Waals surface area contributed by atoms with Gasteiger partial charge in [0.2, 0.25) is 5.91 Å².